The smallest absolute Gasteiger partial charge is 0.150 e. The minimum absolute atomic E-state index is 0.122. The maximum Gasteiger partial charge on any atom is 0.150 e. The monoisotopic (exact) mass is 320 g/mol. The van der Waals surface area contributed by atoms with Gasteiger partial charge in [0.05, 0.1) is 0 Å². The van der Waals surface area contributed by atoms with Crippen LogP contribution in [0.1, 0.15) is 43.2 Å². The van der Waals surface area contributed by atoms with Gasteiger partial charge in [0.2, 0.25) is 0 Å². The average molecular weight is 321 g/mol. The van der Waals surface area contributed by atoms with Crippen LogP contribution in [0.5, 0.6) is 0 Å². The van der Waals surface area contributed by atoms with Crippen molar-refractivity contribution in [3.8, 4) is 0 Å². The lowest BCUT2D eigenvalue weighted by Gasteiger charge is -2.27. The van der Waals surface area contributed by atoms with E-state index in [9.17, 15) is 9.59 Å². The van der Waals surface area contributed by atoms with Gasteiger partial charge in [0.1, 0.15) is 5.92 Å². The summed E-state index contributed by atoms with van der Waals surface area (Å²) in [4.78, 5) is 25.1. The Balaban J connectivity index is 2.08. The number of ketones is 2. The summed E-state index contributed by atoms with van der Waals surface area (Å²) >= 11 is 3.46. The van der Waals surface area contributed by atoms with Gasteiger partial charge in [-0.2, -0.15) is 0 Å². The van der Waals surface area contributed by atoms with Gasteiger partial charge in [-0.15, -0.1) is 0 Å². The summed E-state index contributed by atoms with van der Waals surface area (Å²) < 4.78 is 0.943. The molecule has 2 aliphatic rings. The molecule has 0 aliphatic heterocycles. The van der Waals surface area contributed by atoms with Crippen LogP contribution in [-0.4, -0.2) is 11.6 Å². The zero-order valence-electron chi connectivity index (χ0n) is 11.0. The van der Waals surface area contributed by atoms with E-state index in [4.69, 9.17) is 0 Å². The summed E-state index contributed by atoms with van der Waals surface area (Å²) in [5, 5.41) is 0. The van der Waals surface area contributed by atoms with E-state index in [1.54, 1.807) is 0 Å². The van der Waals surface area contributed by atoms with Crippen molar-refractivity contribution >= 4 is 27.5 Å². The molecule has 19 heavy (non-hydrogen) atoms. The molecule has 3 rings (SSSR count). The number of rotatable bonds is 2. The van der Waals surface area contributed by atoms with E-state index in [1.807, 2.05) is 18.2 Å². The van der Waals surface area contributed by atoms with Gasteiger partial charge < -0.3 is 0 Å². The molecular weight excluding hydrogens is 304 g/mol. The highest BCUT2D eigenvalue weighted by Crippen LogP contribution is 2.44. The first kappa shape index (κ1) is 13.0. The van der Waals surface area contributed by atoms with Gasteiger partial charge in [-0.1, -0.05) is 28.9 Å². The third-order valence-electron chi connectivity index (χ3n) is 4.61. The standard InChI is InChI=1S/C16H17BrO2/c1-2-9-5-6-12(17)8-13(9)14-15(18)10-3-4-11(7-10)16(14)19/h5-6,8,10-11,14H,2-4,7H2,1H3. The maximum absolute atomic E-state index is 12.5. The van der Waals surface area contributed by atoms with Crippen LogP contribution in [0.4, 0.5) is 0 Å². The minimum Gasteiger partial charge on any atom is -0.298 e. The number of fused-ring (bicyclic) bond motifs is 2. The number of benzene rings is 1. The zero-order chi connectivity index (χ0) is 13.6. The van der Waals surface area contributed by atoms with Crippen LogP contribution in [0.15, 0.2) is 22.7 Å². The predicted molar refractivity (Wildman–Crippen MR) is 77.1 cm³/mol. The number of aryl methyl sites for hydroxylation is 1. The van der Waals surface area contributed by atoms with Crippen LogP contribution in [0, 0.1) is 11.8 Å². The summed E-state index contributed by atoms with van der Waals surface area (Å²) in [6.45, 7) is 2.07. The molecule has 2 saturated carbocycles. The van der Waals surface area contributed by atoms with Gasteiger partial charge in [-0.25, -0.2) is 0 Å². The quantitative estimate of drug-likeness (QED) is 0.779. The van der Waals surface area contributed by atoms with Gasteiger partial charge in [-0.3, -0.25) is 9.59 Å². The number of hydrogen-bond acceptors (Lipinski definition) is 2. The van der Waals surface area contributed by atoms with Crippen molar-refractivity contribution in [2.45, 2.75) is 38.5 Å². The van der Waals surface area contributed by atoms with Crippen molar-refractivity contribution in [2.24, 2.45) is 11.8 Å². The molecule has 1 aromatic carbocycles. The first-order chi connectivity index (χ1) is 9.11. The van der Waals surface area contributed by atoms with E-state index < -0.39 is 5.92 Å². The first-order valence-electron chi connectivity index (χ1n) is 6.97. The van der Waals surface area contributed by atoms with Gasteiger partial charge in [-0.05, 0) is 48.9 Å². The van der Waals surface area contributed by atoms with E-state index in [1.165, 1.54) is 0 Å². The lowest BCUT2D eigenvalue weighted by atomic mass is 9.74. The molecule has 0 spiro atoms. The molecular formula is C16H17BrO2. The largest absolute Gasteiger partial charge is 0.298 e. The van der Waals surface area contributed by atoms with Gasteiger partial charge in [0.25, 0.3) is 0 Å². The van der Waals surface area contributed by atoms with E-state index in [-0.39, 0.29) is 23.4 Å². The summed E-state index contributed by atoms with van der Waals surface area (Å²) in [6.07, 6.45) is 3.46. The SMILES string of the molecule is CCc1ccc(Br)cc1C1C(=O)C2CCC(C2)C1=O. The Morgan fingerprint density at radius 1 is 1.16 bits per heavy atom. The van der Waals surface area contributed by atoms with Gasteiger partial charge in [0.15, 0.2) is 11.6 Å². The highest BCUT2D eigenvalue weighted by molar-refractivity contribution is 9.10. The third kappa shape index (κ3) is 2.08. The first-order valence-corrected chi connectivity index (χ1v) is 7.77. The molecule has 0 N–H and O–H groups in total. The van der Waals surface area contributed by atoms with E-state index in [0.717, 1.165) is 41.3 Å². The highest BCUT2D eigenvalue weighted by atomic mass is 79.9. The molecule has 2 nitrogen and oxygen atoms in total. The zero-order valence-corrected chi connectivity index (χ0v) is 12.6. The number of halogens is 1. The Morgan fingerprint density at radius 3 is 2.37 bits per heavy atom. The lowest BCUT2D eigenvalue weighted by molar-refractivity contribution is -0.135. The van der Waals surface area contributed by atoms with Crippen LogP contribution in [0.2, 0.25) is 0 Å². The summed E-state index contributed by atoms with van der Waals surface area (Å²) in [5.74, 6) is 0.0598. The highest BCUT2D eigenvalue weighted by Gasteiger charge is 2.47. The van der Waals surface area contributed by atoms with Gasteiger partial charge in [0, 0.05) is 16.3 Å². The summed E-state index contributed by atoms with van der Waals surface area (Å²) in [6, 6.07) is 5.97. The van der Waals surface area contributed by atoms with Gasteiger partial charge >= 0.3 is 0 Å². The molecule has 2 fully saturated rings. The van der Waals surface area contributed by atoms with Crippen molar-refractivity contribution in [2.75, 3.05) is 0 Å². The van der Waals surface area contributed by atoms with Crippen LogP contribution < -0.4 is 0 Å². The van der Waals surface area contributed by atoms with E-state index in [2.05, 4.69) is 22.9 Å². The molecule has 0 saturated heterocycles. The van der Waals surface area contributed by atoms with E-state index in [0.29, 0.717) is 0 Å². The Hall–Kier alpha value is -0.960. The van der Waals surface area contributed by atoms with Crippen molar-refractivity contribution in [1.82, 2.24) is 0 Å². The average Bonchev–Trinajstić information content (AvgIpc) is 2.84. The fraction of sp³-hybridized carbons (Fsp3) is 0.500. The third-order valence-corrected chi connectivity index (χ3v) is 5.10. The molecule has 0 amide bonds. The molecule has 2 bridgehead atoms. The molecule has 2 atom stereocenters. The molecule has 2 aliphatic carbocycles. The van der Waals surface area contributed by atoms with Crippen molar-refractivity contribution in [3.05, 3.63) is 33.8 Å². The molecule has 3 heteroatoms. The Kier molecular flexibility index (Phi) is 3.34. The topological polar surface area (TPSA) is 34.1 Å². The normalized spacial score (nSPS) is 29.9. The Bertz CT molecular complexity index is 528. The number of hydrogen-bond donors (Lipinski definition) is 0. The Labute approximate surface area is 121 Å². The fourth-order valence-electron chi connectivity index (χ4n) is 3.57. The molecule has 0 radical (unpaired) electrons. The molecule has 1 aromatic rings. The molecule has 0 aromatic heterocycles. The van der Waals surface area contributed by atoms with Crippen LogP contribution in [0.25, 0.3) is 0 Å². The second-order valence-corrected chi connectivity index (χ2v) is 6.56. The maximum atomic E-state index is 12.5. The summed E-state index contributed by atoms with van der Waals surface area (Å²) in [5.41, 5.74) is 2.06. The van der Waals surface area contributed by atoms with Crippen molar-refractivity contribution in [1.29, 1.82) is 0 Å². The number of carbonyl (C=O) groups is 2. The number of Topliss-reactive ketones (excluding diaryl/α,β-unsaturated/α-hetero) is 2. The van der Waals surface area contributed by atoms with Crippen LogP contribution in [0.3, 0.4) is 0 Å². The predicted octanol–water partition coefficient (Wildman–Crippen LogP) is 3.66. The fourth-order valence-corrected chi connectivity index (χ4v) is 3.95. The van der Waals surface area contributed by atoms with Crippen LogP contribution >= 0.6 is 15.9 Å². The Morgan fingerprint density at radius 2 is 1.79 bits per heavy atom. The lowest BCUT2D eigenvalue weighted by Crippen LogP contribution is -2.35. The second kappa shape index (κ2) is 4.86. The van der Waals surface area contributed by atoms with Crippen molar-refractivity contribution < 1.29 is 9.59 Å². The molecule has 100 valence electrons. The number of carbonyl (C=O) groups excluding carboxylic acids is 2. The molecule has 0 heterocycles. The minimum atomic E-state index is -0.501. The summed E-state index contributed by atoms with van der Waals surface area (Å²) in [7, 11) is 0. The van der Waals surface area contributed by atoms with E-state index >= 15 is 0 Å². The van der Waals surface area contributed by atoms with Crippen molar-refractivity contribution in [3.63, 3.8) is 0 Å². The second-order valence-electron chi connectivity index (χ2n) is 5.64. The van der Waals surface area contributed by atoms with Crippen LogP contribution in [-0.2, 0) is 16.0 Å². The molecule has 2 unspecified atom stereocenters.